The van der Waals surface area contributed by atoms with Crippen molar-refractivity contribution in [3.05, 3.63) is 41.4 Å². The highest BCUT2D eigenvalue weighted by Gasteiger charge is 2.23. The highest BCUT2D eigenvalue weighted by atomic mass is 32.1. The van der Waals surface area contributed by atoms with Crippen LogP contribution in [0.3, 0.4) is 0 Å². The highest BCUT2D eigenvalue weighted by Crippen LogP contribution is 2.20. The van der Waals surface area contributed by atoms with Crippen molar-refractivity contribution < 1.29 is 14.3 Å². The number of ether oxygens (including phenoxy) is 2. The van der Waals surface area contributed by atoms with Crippen LogP contribution >= 0.6 is 11.3 Å². The first-order valence-corrected chi connectivity index (χ1v) is 9.72. The Morgan fingerprint density at radius 1 is 1.35 bits per heavy atom. The molecule has 3 rings (SSSR count). The third kappa shape index (κ3) is 5.27. The lowest BCUT2D eigenvalue weighted by atomic mass is 10.2. The molecule has 6 nitrogen and oxygen atoms in total. The Bertz CT molecular complexity index is 712. The summed E-state index contributed by atoms with van der Waals surface area (Å²) in [7, 11) is 0. The molecule has 140 valence electrons. The molecule has 1 N–H and O–H groups in total. The van der Waals surface area contributed by atoms with Gasteiger partial charge in [-0.25, -0.2) is 4.98 Å². The molecule has 1 aromatic heterocycles. The van der Waals surface area contributed by atoms with E-state index in [9.17, 15) is 4.79 Å². The van der Waals surface area contributed by atoms with Gasteiger partial charge in [-0.2, -0.15) is 0 Å². The lowest BCUT2D eigenvalue weighted by Crippen LogP contribution is -2.44. The van der Waals surface area contributed by atoms with Crippen LogP contribution in [0, 0.1) is 0 Å². The van der Waals surface area contributed by atoms with Gasteiger partial charge in [-0.1, -0.05) is 18.2 Å². The fourth-order valence-electron chi connectivity index (χ4n) is 3.04. The van der Waals surface area contributed by atoms with Crippen LogP contribution in [0.1, 0.15) is 26.5 Å². The van der Waals surface area contributed by atoms with Gasteiger partial charge in [-0.3, -0.25) is 15.0 Å². The molecule has 1 amide bonds. The molecule has 0 spiro atoms. The summed E-state index contributed by atoms with van der Waals surface area (Å²) in [5.74, 6) is 0.467. The van der Waals surface area contributed by atoms with Gasteiger partial charge in [0.05, 0.1) is 17.9 Å². The molecule has 1 aromatic carbocycles. The summed E-state index contributed by atoms with van der Waals surface area (Å²) < 4.78 is 11.4. The smallest absolute Gasteiger partial charge is 0.266 e. The van der Waals surface area contributed by atoms with Crippen LogP contribution in [0.4, 0.5) is 5.13 Å². The number of hydrogen-bond donors (Lipinski definition) is 1. The molecular formula is C19H25N3O3S. The summed E-state index contributed by atoms with van der Waals surface area (Å²) in [6, 6.07) is 9.32. The van der Waals surface area contributed by atoms with Gasteiger partial charge in [-0.15, -0.1) is 11.3 Å². The molecule has 1 fully saturated rings. The molecule has 2 aromatic rings. The Kier molecular flexibility index (Phi) is 6.24. The van der Waals surface area contributed by atoms with Crippen molar-refractivity contribution in [2.45, 2.75) is 45.6 Å². The van der Waals surface area contributed by atoms with Gasteiger partial charge in [0.25, 0.3) is 5.91 Å². The number of thiazole rings is 1. The van der Waals surface area contributed by atoms with Crippen molar-refractivity contribution in [2.75, 3.05) is 18.4 Å². The number of carbonyl (C=O) groups is 1. The molecule has 1 saturated heterocycles. The topological polar surface area (TPSA) is 63.7 Å². The van der Waals surface area contributed by atoms with Gasteiger partial charge in [0.1, 0.15) is 5.75 Å². The van der Waals surface area contributed by atoms with Crippen molar-refractivity contribution in [3.8, 4) is 5.75 Å². The molecule has 26 heavy (non-hydrogen) atoms. The van der Waals surface area contributed by atoms with E-state index in [1.54, 1.807) is 6.92 Å². The van der Waals surface area contributed by atoms with E-state index in [1.165, 1.54) is 11.3 Å². The van der Waals surface area contributed by atoms with E-state index in [0.29, 0.717) is 10.9 Å². The van der Waals surface area contributed by atoms with Gasteiger partial charge in [-0.05, 0) is 32.9 Å². The molecule has 0 radical (unpaired) electrons. The molecule has 3 atom stereocenters. The van der Waals surface area contributed by atoms with Crippen LogP contribution < -0.4 is 10.1 Å². The van der Waals surface area contributed by atoms with Crippen LogP contribution in [-0.2, 0) is 16.1 Å². The average molecular weight is 375 g/mol. The Hall–Kier alpha value is -1.96. The zero-order valence-electron chi connectivity index (χ0n) is 15.3. The van der Waals surface area contributed by atoms with Crippen LogP contribution in [0.5, 0.6) is 5.75 Å². The first-order chi connectivity index (χ1) is 12.5. The molecule has 7 heteroatoms. The van der Waals surface area contributed by atoms with E-state index >= 15 is 0 Å². The molecule has 0 saturated carbocycles. The monoisotopic (exact) mass is 375 g/mol. The third-order valence-corrected chi connectivity index (χ3v) is 4.89. The van der Waals surface area contributed by atoms with Gasteiger partial charge < -0.3 is 9.47 Å². The maximum atomic E-state index is 12.3. The summed E-state index contributed by atoms with van der Waals surface area (Å²) in [5, 5.41) is 5.43. The lowest BCUT2D eigenvalue weighted by molar-refractivity contribution is -0.122. The van der Waals surface area contributed by atoms with E-state index < -0.39 is 6.10 Å². The standard InChI is InChI=1S/C19H25N3O3S/c1-13-9-22(10-14(2)24-13)11-16-12-26-19(20-16)21-18(23)15(3)25-17-7-5-4-6-8-17/h4-8,12-15H,9-11H2,1-3H3,(H,20,21,23). The predicted octanol–water partition coefficient (Wildman–Crippen LogP) is 3.16. The van der Waals surface area contributed by atoms with Crippen molar-refractivity contribution in [3.63, 3.8) is 0 Å². The summed E-state index contributed by atoms with van der Waals surface area (Å²) >= 11 is 1.44. The second-order valence-corrected chi connectivity index (χ2v) is 7.52. The fourth-order valence-corrected chi connectivity index (χ4v) is 3.75. The van der Waals surface area contributed by atoms with Crippen molar-refractivity contribution in [1.29, 1.82) is 0 Å². The first kappa shape index (κ1) is 18.8. The largest absolute Gasteiger partial charge is 0.481 e. The maximum absolute atomic E-state index is 12.3. The maximum Gasteiger partial charge on any atom is 0.266 e. The minimum atomic E-state index is -0.592. The molecule has 1 aliphatic heterocycles. The Morgan fingerprint density at radius 3 is 2.73 bits per heavy atom. The second-order valence-electron chi connectivity index (χ2n) is 6.66. The average Bonchev–Trinajstić information content (AvgIpc) is 3.01. The van der Waals surface area contributed by atoms with Gasteiger partial charge in [0, 0.05) is 25.0 Å². The zero-order chi connectivity index (χ0) is 18.5. The number of rotatable bonds is 6. The number of amides is 1. The number of hydrogen-bond acceptors (Lipinski definition) is 6. The molecule has 3 unspecified atom stereocenters. The number of nitrogens with zero attached hydrogens (tertiary/aromatic N) is 2. The quantitative estimate of drug-likeness (QED) is 0.840. The van der Waals surface area contributed by atoms with Crippen LogP contribution in [0.15, 0.2) is 35.7 Å². The van der Waals surface area contributed by atoms with E-state index in [-0.39, 0.29) is 18.1 Å². The number of carbonyl (C=O) groups excluding carboxylic acids is 1. The normalized spacial score (nSPS) is 22.0. The fraction of sp³-hybridized carbons (Fsp3) is 0.474. The Morgan fingerprint density at radius 2 is 2.04 bits per heavy atom. The zero-order valence-corrected chi connectivity index (χ0v) is 16.2. The Balaban J connectivity index is 1.52. The first-order valence-electron chi connectivity index (χ1n) is 8.84. The number of nitrogens with one attached hydrogen (secondary N) is 1. The molecule has 1 aliphatic rings. The number of para-hydroxylation sites is 1. The molecule has 0 aliphatic carbocycles. The van der Waals surface area contributed by atoms with Gasteiger partial charge in [0.2, 0.25) is 0 Å². The third-order valence-electron chi connectivity index (χ3n) is 4.09. The van der Waals surface area contributed by atoms with Crippen LogP contribution in [0.2, 0.25) is 0 Å². The van der Waals surface area contributed by atoms with E-state index in [4.69, 9.17) is 9.47 Å². The summed E-state index contributed by atoms with van der Waals surface area (Å²) in [6.45, 7) is 8.46. The molecular weight excluding hydrogens is 350 g/mol. The van der Waals surface area contributed by atoms with Crippen LogP contribution in [-0.4, -0.2) is 47.2 Å². The van der Waals surface area contributed by atoms with Crippen molar-refractivity contribution in [1.82, 2.24) is 9.88 Å². The minimum Gasteiger partial charge on any atom is -0.481 e. The van der Waals surface area contributed by atoms with Crippen molar-refractivity contribution in [2.24, 2.45) is 0 Å². The minimum absolute atomic E-state index is 0.205. The van der Waals surface area contributed by atoms with Gasteiger partial charge >= 0.3 is 0 Å². The second kappa shape index (κ2) is 8.62. The van der Waals surface area contributed by atoms with E-state index in [0.717, 1.165) is 25.3 Å². The number of anilines is 1. The van der Waals surface area contributed by atoms with Gasteiger partial charge in [0.15, 0.2) is 11.2 Å². The van der Waals surface area contributed by atoms with E-state index in [2.05, 4.69) is 29.0 Å². The number of morpholine rings is 1. The van der Waals surface area contributed by atoms with E-state index in [1.807, 2.05) is 35.7 Å². The molecule has 0 bridgehead atoms. The summed E-state index contributed by atoms with van der Waals surface area (Å²) in [4.78, 5) is 19.2. The Labute approximate surface area is 158 Å². The van der Waals surface area contributed by atoms with Crippen molar-refractivity contribution >= 4 is 22.4 Å². The molecule has 2 heterocycles. The van der Waals surface area contributed by atoms with Crippen LogP contribution in [0.25, 0.3) is 0 Å². The number of benzene rings is 1. The summed E-state index contributed by atoms with van der Waals surface area (Å²) in [5.41, 5.74) is 0.961. The lowest BCUT2D eigenvalue weighted by Gasteiger charge is -2.34. The SMILES string of the molecule is CC1CN(Cc2csc(NC(=O)C(C)Oc3ccccc3)n2)CC(C)O1. The highest BCUT2D eigenvalue weighted by molar-refractivity contribution is 7.13. The summed E-state index contributed by atoms with van der Waals surface area (Å²) in [6.07, 6.45) is -0.134. The number of aromatic nitrogens is 1. The predicted molar refractivity (Wildman–Crippen MR) is 103 cm³/mol.